The number of carbonyl (C=O) groups excluding carboxylic acids is 2. The van der Waals surface area contributed by atoms with Gasteiger partial charge >= 0.3 is 6.18 Å². The molecule has 0 spiro atoms. The van der Waals surface area contributed by atoms with E-state index >= 15 is 0 Å². The molecule has 0 radical (unpaired) electrons. The van der Waals surface area contributed by atoms with Crippen LogP contribution in [-0.2, 0) is 17.5 Å². The first kappa shape index (κ1) is 23.5. The first-order valence-corrected chi connectivity index (χ1v) is 10.8. The molecule has 0 atom stereocenters. The summed E-state index contributed by atoms with van der Waals surface area (Å²) in [6.07, 6.45) is -3.55. The highest BCUT2D eigenvalue weighted by atomic mass is 19.4. The third-order valence-electron chi connectivity index (χ3n) is 5.77. The fraction of sp³-hybridized carbons (Fsp3) is 0.409. The van der Waals surface area contributed by atoms with Crippen LogP contribution >= 0.6 is 0 Å². The molecule has 1 N–H and O–H groups in total. The van der Waals surface area contributed by atoms with Crippen LogP contribution in [0, 0.1) is 5.92 Å². The molecule has 0 aliphatic carbocycles. The minimum Gasteiger partial charge on any atom is -0.355 e. The van der Waals surface area contributed by atoms with Gasteiger partial charge in [0.2, 0.25) is 5.91 Å². The first-order valence-electron chi connectivity index (χ1n) is 10.8. The molecular weight excluding hydrogens is 451 g/mol. The monoisotopic (exact) mass is 475 g/mol. The predicted octanol–water partition coefficient (Wildman–Crippen LogP) is 2.38. The second-order valence-electron chi connectivity index (χ2n) is 8.36. The highest BCUT2D eigenvalue weighted by molar-refractivity contribution is 5.93. The van der Waals surface area contributed by atoms with E-state index in [4.69, 9.17) is 0 Å². The smallest absolute Gasteiger partial charge is 0.355 e. The van der Waals surface area contributed by atoms with Gasteiger partial charge < -0.3 is 15.1 Å². The van der Waals surface area contributed by atoms with Crippen LogP contribution in [0.1, 0.15) is 34.6 Å². The van der Waals surface area contributed by atoms with Gasteiger partial charge in [-0.25, -0.2) is 0 Å². The van der Waals surface area contributed by atoms with Crippen LogP contribution < -0.4 is 10.2 Å². The molecule has 1 saturated heterocycles. The Labute approximate surface area is 193 Å². The van der Waals surface area contributed by atoms with E-state index < -0.39 is 12.0 Å². The molecule has 1 aliphatic heterocycles. The van der Waals surface area contributed by atoms with E-state index in [0.29, 0.717) is 48.4 Å². The van der Waals surface area contributed by atoms with Crippen LogP contribution in [-0.4, -0.2) is 63.7 Å². The summed E-state index contributed by atoms with van der Waals surface area (Å²) in [5.41, 5.74) is 1.48. The average Bonchev–Trinajstić information content (AvgIpc) is 3.26. The number of alkyl halides is 3. The molecule has 2 aromatic heterocycles. The second kappa shape index (κ2) is 9.27. The van der Waals surface area contributed by atoms with Gasteiger partial charge in [0, 0.05) is 45.2 Å². The summed E-state index contributed by atoms with van der Waals surface area (Å²) in [5.74, 6) is -1.15. The van der Waals surface area contributed by atoms with E-state index in [1.807, 2.05) is 17.0 Å². The molecule has 2 amide bonds. The number of fused-ring (bicyclic) bond motifs is 1. The van der Waals surface area contributed by atoms with E-state index in [9.17, 15) is 22.8 Å². The van der Waals surface area contributed by atoms with Crippen molar-refractivity contribution in [3.63, 3.8) is 0 Å². The summed E-state index contributed by atoms with van der Waals surface area (Å²) in [6.45, 7) is 1.32. The molecule has 1 fully saturated rings. The molecule has 9 nitrogen and oxygen atoms in total. The quantitative estimate of drug-likeness (QED) is 0.609. The summed E-state index contributed by atoms with van der Waals surface area (Å²) in [7, 11) is 3.37. The fourth-order valence-electron chi connectivity index (χ4n) is 3.85. The molecule has 3 aromatic rings. The van der Waals surface area contributed by atoms with Crippen molar-refractivity contribution in [3.8, 4) is 0 Å². The Morgan fingerprint density at radius 3 is 2.35 bits per heavy atom. The number of nitrogens with zero attached hydrogens (tertiary/aromatic N) is 6. The molecule has 4 rings (SSSR count). The number of aromatic nitrogens is 4. The van der Waals surface area contributed by atoms with Gasteiger partial charge in [-0.05, 0) is 42.7 Å². The highest BCUT2D eigenvalue weighted by Gasteiger charge is 2.38. The minimum atomic E-state index is -4.65. The zero-order valence-corrected chi connectivity index (χ0v) is 18.7. The average molecular weight is 475 g/mol. The number of carbonyl (C=O) groups is 2. The molecule has 180 valence electrons. The van der Waals surface area contributed by atoms with Gasteiger partial charge in [-0.15, -0.1) is 15.3 Å². The highest BCUT2D eigenvalue weighted by Crippen LogP contribution is 2.28. The standard InChI is InChI=1S/C22H24F3N7O2/c1-30(2)20(34)16-5-3-14(4-6-16)13-26-19(33)15-9-11-31(12-10-15)18-8-7-17-27-28-21(22(23,24)25)32(17)29-18/h3-8,15H,9-13H2,1-2H3,(H,26,33). The van der Waals surface area contributed by atoms with Crippen molar-refractivity contribution in [2.24, 2.45) is 5.92 Å². The Kier molecular flexibility index (Phi) is 6.40. The van der Waals surface area contributed by atoms with Crippen molar-refractivity contribution in [3.05, 3.63) is 53.3 Å². The number of piperidine rings is 1. The number of amides is 2. The summed E-state index contributed by atoms with van der Waals surface area (Å²) < 4.78 is 40.0. The van der Waals surface area contributed by atoms with Crippen LogP contribution in [0.3, 0.4) is 0 Å². The lowest BCUT2D eigenvalue weighted by atomic mass is 9.96. The lowest BCUT2D eigenvalue weighted by Crippen LogP contribution is -2.40. The van der Waals surface area contributed by atoms with Crippen molar-refractivity contribution >= 4 is 23.3 Å². The van der Waals surface area contributed by atoms with Gasteiger partial charge in [-0.2, -0.15) is 17.7 Å². The van der Waals surface area contributed by atoms with Gasteiger partial charge in [0.1, 0.15) is 5.82 Å². The van der Waals surface area contributed by atoms with Crippen molar-refractivity contribution < 1.29 is 22.8 Å². The van der Waals surface area contributed by atoms with E-state index in [0.717, 1.165) is 5.56 Å². The second-order valence-corrected chi connectivity index (χ2v) is 8.36. The van der Waals surface area contributed by atoms with Gasteiger partial charge in [0.15, 0.2) is 5.65 Å². The van der Waals surface area contributed by atoms with Crippen molar-refractivity contribution in [1.82, 2.24) is 30.0 Å². The number of hydrogen-bond donors (Lipinski definition) is 1. The van der Waals surface area contributed by atoms with Crippen LogP contribution in [0.2, 0.25) is 0 Å². The topological polar surface area (TPSA) is 95.7 Å². The molecule has 0 bridgehead atoms. The van der Waals surface area contributed by atoms with E-state index in [1.54, 1.807) is 32.3 Å². The molecule has 1 aliphatic rings. The maximum atomic E-state index is 13.1. The number of nitrogens with one attached hydrogen (secondary N) is 1. The van der Waals surface area contributed by atoms with Crippen molar-refractivity contribution in [2.45, 2.75) is 25.6 Å². The van der Waals surface area contributed by atoms with Gasteiger partial charge in [-0.3, -0.25) is 9.59 Å². The first-order chi connectivity index (χ1) is 16.1. The maximum absolute atomic E-state index is 13.1. The summed E-state index contributed by atoms with van der Waals surface area (Å²) >= 11 is 0. The van der Waals surface area contributed by atoms with Gasteiger partial charge in [0.25, 0.3) is 11.7 Å². The molecule has 0 unspecified atom stereocenters. The molecule has 34 heavy (non-hydrogen) atoms. The molecule has 1 aromatic carbocycles. The van der Waals surface area contributed by atoms with Crippen molar-refractivity contribution in [2.75, 3.05) is 32.1 Å². The summed E-state index contributed by atoms with van der Waals surface area (Å²) in [5, 5.41) is 13.7. The van der Waals surface area contributed by atoms with Crippen LogP contribution in [0.15, 0.2) is 36.4 Å². The van der Waals surface area contributed by atoms with Gasteiger partial charge in [0.05, 0.1) is 0 Å². The summed E-state index contributed by atoms with van der Waals surface area (Å²) in [6, 6.07) is 10.1. The molecule has 3 heterocycles. The molecule has 12 heteroatoms. The number of benzene rings is 1. The zero-order chi connectivity index (χ0) is 24.5. The maximum Gasteiger partial charge on any atom is 0.453 e. The van der Waals surface area contributed by atoms with Gasteiger partial charge in [-0.1, -0.05) is 12.1 Å². The van der Waals surface area contributed by atoms with Crippen molar-refractivity contribution in [1.29, 1.82) is 0 Å². The van der Waals surface area contributed by atoms with E-state index in [2.05, 4.69) is 20.6 Å². The number of halogens is 3. The van der Waals surface area contributed by atoms with Crippen LogP contribution in [0.5, 0.6) is 0 Å². The largest absolute Gasteiger partial charge is 0.453 e. The number of anilines is 1. The third-order valence-corrected chi connectivity index (χ3v) is 5.77. The Hall–Kier alpha value is -3.70. The number of hydrogen-bond acceptors (Lipinski definition) is 6. The van der Waals surface area contributed by atoms with Crippen LogP contribution in [0.4, 0.5) is 19.0 Å². The van der Waals surface area contributed by atoms with E-state index in [-0.39, 0.29) is 23.4 Å². The predicted molar refractivity (Wildman–Crippen MR) is 117 cm³/mol. The third kappa shape index (κ3) is 4.95. The Bertz CT molecular complexity index is 1180. The lowest BCUT2D eigenvalue weighted by Gasteiger charge is -2.32. The van der Waals surface area contributed by atoms with E-state index in [1.165, 1.54) is 11.0 Å². The minimum absolute atomic E-state index is 0.0180. The lowest BCUT2D eigenvalue weighted by molar-refractivity contribution is -0.146. The Balaban J connectivity index is 1.32. The summed E-state index contributed by atoms with van der Waals surface area (Å²) in [4.78, 5) is 27.9. The zero-order valence-electron chi connectivity index (χ0n) is 18.7. The number of rotatable bonds is 5. The molecular formula is C22H24F3N7O2. The Morgan fingerprint density at radius 1 is 1.06 bits per heavy atom. The van der Waals surface area contributed by atoms with Crippen LogP contribution in [0.25, 0.3) is 5.65 Å². The SMILES string of the molecule is CN(C)C(=O)c1ccc(CNC(=O)C2CCN(c3ccc4nnc(C(F)(F)F)n4n3)CC2)cc1. The molecule has 0 saturated carbocycles. The normalized spacial score (nSPS) is 14.9. The fourth-order valence-corrected chi connectivity index (χ4v) is 3.85. The Morgan fingerprint density at radius 2 is 1.74 bits per heavy atom.